The number of amides is 1. The average Bonchev–Trinajstić information content (AvgIpc) is 3.20. The summed E-state index contributed by atoms with van der Waals surface area (Å²) in [5.41, 5.74) is 0.248. The van der Waals surface area contributed by atoms with E-state index in [1.807, 2.05) is 0 Å². The van der Waals surface area contributed by atoms with Gasteiger partial charge in [-0.25, -0.2) is 9.97 Å². The molecule has 1 aliphatic heterocycles. The molecule has 0 saturated carbocycles. The SMILES string of the molecule is Cc1nsc(Cc2cnc(C(F)(F)F)cn2)c1C(=O)Nc1ccc(OC2CCN(CC(F)(F)F)CC2)nc1. The fourth-order valence-electron chi connectivity index (χ4n) is 3.91. The molecule has 0 aromatic carbocycles. The first-order valence-corrected chi connectivity index (χ1v) is 12.2. The highest BCUT2D eigenvalue weighted by atomic mass is 32.1. The van der Waals surface area contributed by atoms with E-state index in [1.165, 1.54) is 11.1 Å². The van der Waals surface area contributed by atoms with Crippen LogP contribution in [-0.4, -0.2) is 62.0 Å². The summed E-state index contributed by atoms with van der Waals surface area (Å²) < 4.78 is 85.7. The summed E-state index contributed by atoms with van der Waals surface area (Å²) in [5, 5.41) is 2.71. The first-order valence-electron chi connectivity index (χ1n) is 11.4. The van der Waals surface area contributed by atoms with Crippen LogP contribution in [0.1, 0.15) is 45.2 Å². The molecule has 0 bridgehead atoms. The van der Waals surface area contributed by atoms with Gasteiger partial charge in [0, 0.05) is 36.7 Å². The molecule has 38 heavy (non-hydrogen) atoms. The number of carbonyl (C=O) groups is 1. The summed E-state index contributed by atoms with van der Waals surface area (Å²) in [6.07, 6.45) is -5.09. The molecule has 8 nitrogen and oxygen atoms in total. The van der Waals surface area contributed by atoms with Crippen molar-refractivity contribution < 1.29 is 35.9 Å². The molecule has 204 valence electrons. The van der Waals surface area contributed by atoms with E-state index in [4.69, 9.17) is 4.74 Å². The quantitative estimate of drug-likeness (QED) is 0.411. The predicted molar refractivity (Wildman–Crippen MR) is 125 cm³/mol. The molecule has 0 aliphatic carbocycles. The smallest absolute Gasteiger partial charge is 0.434 e. The minimum atomic E-state index is -4.60. The Morgan fingerprint density at radius 3 is 2.39 bits per heavy atom. The third-order valence-electron chi connectivity index (χ3n) is 5.72. The van der Waals surface area contributed by atoms with E-state index in [-0.39, 0.29) is 42.8 Å². The number of rotatable bonds is 7. The van der Waals surface area contributed by atoms with Gasteiger partial charge in [0.1, 0.15) is 6.10 Å². The van der Waals surface area contributed by atoms with Gasteiger partial charge in [0.15, 0.2) is 5.69 Å². The van der Waals surface area contributed by atoms with E-state index < -0.39 is 30.5 Å². The molecule has 1 N–H and O–H groups in total. The second-order valence-corrected chi connectivity index (χ2v) is 9.54. The van der Waals surface area contributed by atoms with Crippen molar-refractivity contribution in [3.8, 4) is 5.88 Å². The van der Waals surface area contributed by atoms with E-state index in [9.17, 15) is 31.1 Å². The molecule has 4 rings (SSSR count). The molecule has 0 spiro atoms. The molecular weight excluding hydrogens is 538 g/mol. The maximum Gasteiger partial charge on any atom is 0.434 e. The molecule has 3 aromatic heterocycles. The maximum absolute atomic E-state index is 13.0. The normalized spacial score (nSPS) is 15.4. The third-order valence-corrected chi connectivity index (χ3v) is 6.65. The van der Waals surface area contributed by atoms with E-state index in [0.717, 1.165) is 17.7 Å². The topological polar surface area (TPSA) is 93.1 Å². The summed E-state index contributed by atoms with van der Waals surface area (Å²) in [5.74, 6) is -0.189. The second-order valence-electron chi connectivity index (χ2n) is 8.68. The van der Waals surface area contributed by atoms with Gasteiger partial charge in [0.25, 0.3) is 5.91 Å². The molecule has 1 saturated heterocycles. The van der Waals surface area contributed by atoms with Gasteiger partial charge in [-0.3, -0.25) is 14.7 Å². The highest BCUT2D eigenvalue weighted by Gasteiger charge is 2.34. The molecule has 1 fully saturated rings. The Bertz CT molecular complexity index is 1240. The maximum atomic E-state index is 13.0. The zero-order valence-corrected chi connectivity index (χ0v) is 20.8. The van der Waals surface area contributed by atoms with Crippen molar-refractivity contribution in [1.29, 1.82) is 0 Å². The third kappa shape index (κ3) is 7.37. The lowest BCUT2D eigenvalue weighted by atomic mass is 10.1. The second kappa shape index (κ2) is 11.2. The zero-order valence-electron chi connectivity index (χ0n) is 19.9. The largest absolute Gasteiger partial charge is 0.474 e. The molecule has 1 aliphatic rings. The van der Waals surface area contributed by atoms with E-state index in [0.29, 0.717) is 35.3 Å². The Labute approximate surface area is 217 Å². The van der Waals surface area contributed by atoms with Gasteiger partial charge < -0.3 is 10.1 Å². The van der Waals surface area contributed by atoms with Crippen molar-refractivity contribution in [2.24, 2.45) is 0 Å². The van der Waals surface area contributed by atoms with Gasteiger partial charge in [0.05, 0.1) is 41.6 Å². The standard InChI is InChI=1S/C23H22F6N6O2S/c1-13-20(17(38-34-13)8-15-10-31-18(11-30-15)23(27,28)29)21(36)33-14-2-3-19(32-9-14)37-16-4-6-35(7-5-16)12-22(24,25)26/h2-3,9-11,16H,4-8,12H2,1H3,(H,33,36). The number of carbonyl (C=O) groups excluding carboxylic acids is 1. The first kappa shape index (κ1) is 27.7. The zero-order chi connectivity index (χ0) is 27.5. The highest BCUT2D eigenvalue weighted by molar-refractivity contribution is 7.06. The van der Waals surface area contributed by atoms with Gasteiger partial charge in [-0.2, -0.15) is 30.7 Å². The van der Waals surface area contributed by atoms with Crippen LogP contribution in [0.4, 0.5) is 32.0 Å². The Morgan fingerprint density at radius 2 is 1.82 bits per heavy atom. The first-order chi connectivity index (χ1) is 17.9. The minimum absolute atomic E-state index is 0.0756. The van der Waals surface area contributed by atoms with Crippen LogP contribution in [0.25, 0.3) is 0 Å². The van der Waals surface area contributed by atoms with Crippen LogP contribution in [0.5, 0.6) is 5.88 Å². The Morgan fingerprint density at radius 1 is 1.08 bits per heavy atom. The van der Waals surface area contributed by atoms with Crippen LogP contribution in [-0.2, 0) is 12.6 Å². The van der Waals surface area contributed by atoms with Crippen LogP contribution in [0.3, 0.4) is 0 Å². The lowest BCUT2D eigenvalue weighted by molar-refractivity contribution is -0.149. The number of nitrogens with one attached hydrogen (secondary N) is 1. The molecule has 0 atom stereocenters. The van der Waals surface area contributed by atoms with Crippen LogP contribution < -0.4 is 10.1 Å². The predicted octanol–water partition coefficient (Wildman–Crippen LogP) is 4.90. The Kier molecular flexibility index (Phi) is 8.16. The van der Waals surface area contributed by atoms with Crippen LogP contribution >= 0.6 is 11.5 Å². The number of piperidine rings is 1. The fourth-order valence-corrected chi connectivity index (χ4v) is 4.79. The lowest BCUT2D eigenvalue weighted by Crippen LogP contribution is -2.42. The van der Waals surface area contributed by atoms with Crippen molar-refractivity contribution in [2.45, 2.75) is 44.6 Å². The van der Waals surface area contributed by atoms with E-state index >= 15 is 0 Å². The molecule has 4 heterocycles. The van der Waals surface area contributed by atoms with Crippen LogP contribution in [0.2, 0.25) is 0 Å². The fraction of sp³-hybridized carbons (Fsp3) is 0.435. The van der Waals surface area contributed by atoms with Crippen molar-refractivity contribution in [2.75, 3.05) is 25.0 Å². The van der Waals surface area contributed by atoms with Crippen molar-refractivity contribution in [3.05, 3.63) is 58.2 Å². The summed E-state index contributed by atoms with van der Waals surface area (Å²) in [7, 11) is 0. The summed E-state index contributed by atoms with van der Waals surface area (Å²) in [6.45, 7) is 1.24. The van der Waals surface area contributed by atoms with Crippen molar-refractivity contribution >= 4 is 23.1 Å². The summed E-state index contributed by atoms with van der Waals surface area (Å²) >= 11 is 1.04. The molecular formula is C23H22F6N6O2S. The minimum Gasteiger partial charge on any atom is -0.474 e. The van der Waals surface area contributed by atoms with Crippen molar-refractivity contribution in [3.63, 3.8) is 0 Å². The number of halogens is 6. The van der Waals surface area contributed by atoms with Gasteiger partial charge in [-0.15, -0.1) is 0 Å². The Balaban J connectivity index is 1.33. The van der Waals surface area contributed by atoms with E-state index in [1.54, 1.807) is 19.1 Å². The number of hydrogen-bond donors (Lipinski definition) is 1. The van der Waals surface area contributed by atoms with Gasteiger partial charge in [-0.1, -0.05) is 0 Å². The van der Waals surface area contributed by atoms with Crippen LogP contribution in [0, 0.1) is 6.92 Å². The number of alkyl halides is 6. The summed E-state index contributed by atoms with van der Waals surface area (Å²) in [6, 6.07) is 3.13. The molecule has 3 aromatic rings. The number of aromatic nitrogens is 4. The number of pyridine rings is 1. The molecule has 1 amide bonds. The van der Waals surface area contributed by atoms with Gasteiger partial charge in [0.2, 0.25) is 5.88 Å². The number of likely N-dealkylation sites (tertiary alicyclic amines) is 1. The van der Waals surface area contributed by atoms with Crippen LogP contribution in [0.15, 0.2) is 30.7 Å². The molecule has 0 radical (unpaired) electrons. The number of anilines is 1. The molecule has 0 unspecified atom stereocenters. The average molecular weight is 561 g/mol. The number of aryl methyl sites for hydroxylation is 1. The van der Waals surface area contributed by atoms with Crippen molar-refractivity contribution in [1.82, 2.24) is 24.2 Å². The highest BCUT2D eigenvalue weighted by Crippen LogP contribution is 2.28. The monoisotopic (exact) mass is 560 g/mol. The van der Waals surface area contributed by atoms with E-state index in [2.05, 4.69) is 24.6 Å². The number of nitrogens with zero attached hydrogens (tertiary/aromatic N) is 5. The number of ether oxygens (including phenoxy) is 1. The number of hydrogen-bond acceptors (Lipinski definition) is 8. The summed E-state index contributed by atoms with van der Waals surface area (Å²) in [4.78, 5) is 26.2. The molecule has 15 heteroatoms. The van der Waals surface area contributed by atoms with Gasteiger partial charge >= 0.3 is 12.4 Å². The Hall–Kier alpha value is -3.33. The lowest BCUT2D eigenvalue weighted by Gasteiger charge is -2.32. The van der Waals surface area contributed by atoms with Gasteiger partial charge in [-0.05, 0) is 37.4 Å².